The predicted octanol–water partition coefficient (Wildman–Crippen LogP) is 4.79. The molecule has 0 atom stereocenters. The van der Waals surface area contributed by atoms with Crippen molar-refractivity contribution >= 4 is 48.8 Å². The van der Waals surface area contributed by atoms with Crippen molar-refractivity contribution in [3.05, 3.63) is 70.3 Å². The molecule has 3 nitrogen and oxygen atoms in total. The van der Waals surface area contributed by atoms with Crippen LogP contribution in [0.3, 0.4) is 0 Å². The monoisotopic (exact) mass is 334 g/mol. The number of thiophene rings is 1. The SMILES string of the molecule is O=c1c2cc(-c3cccs3)ccc2nc2sc3ccccc3n12. The van der Waals surface area contributed by atoms with Crippen LogP contribution in [0.2, 0.25) is 0 Å². The van der Waals surface area contributed by atoms with Crippen LogP contribution in [-0.2, 0) is 0 Å². The van der Waals surface area contributed by atoms with Crippen LogP contribution in [0.25, 0.3) is 36.5 Å². The van der Waals surface area contributed by atoms with E-state index in [2.05, 4.69) is 11.1 Å². The van der Waals surface area contributed by atoms with E-state index in [1.54, 1.807) is 27.1 Å². The molecule has 2 aromatic carbocycles. The molecule has 5 heteroatoms. The van der Waals surface area contributed by atoms with Crippen LogP contribution in [0, 0.1) is 0 Å². The van der Waals surface area contributed by atoms with E-state index in [0.717, 1.165) is 31.1 Å². The van der Waals surface area contributed by atoms with Crippen LogP contribution in [0.1, 0.15) is 0 Å². The third-order valence-corrected chi connectivity index (χ3v) is 5.89. The van der Waals surface area contributed by atoms with Crippen molar-refractivity contribution in [2.75, 3.05) is 0 Å². The van der Waals surface area contributed by atoms with Gasteiger partial charge in [0.05, 0.1) is 21.1 Å². The Hall–Kier alpha value is -2.50. The van der Waals surface area contributed by atoms with Gasteiger partial charge in [-0.25, -0.2) is 4.98 Å². The van der Waals surface area contributed by atoms with Crippen LogP contribution in [0.15, 0.2) is 64.8 Å². The van der Waals surface area contributed by atoms with Crippen molar-refractivity contribution in [3.63, 3.8) is 0 Å². The second kappa shape index (κ2) is 4.75. The minimum atomic E-state index is 0.000793. The van der Waals surface area contributed by atoms with Gasteiger partial charge in [0.2, 0.25) is 0 Å². The summed E-state index contributed by atoms with van der Waals surface area (Å²) in [5, 5.41) is 2.71. The molecule has 110 valence electrons. The quantitative estimate of drug-likeness (QED) is 0.442. The lowest BCUT2D eigenvalue weighted by atomic mass is 10.1. The van der Waals surface area contributed by atoms with Crippen LogP contribution in [0.4, 0.5) is 0 Å². The molecule has 0 radical (unpaired) electrons. The summed E-state index contributed by atoms with van der Waals surface area (Å²) in [7, 11) is 0. The molecule has 0 aliphatic carbocycles. The zero-order chi connectivity index (χ0) is 15.4. The predicted molar refractivity (Wildman–Crippen MR) is 97.7 cm³/mol. The Kier molecular flexibility index (Phi) is 2.68. The molecule has 5 rings (SSSR count). The van der Waals surface area contributed by atoms with Gasteiger partial charge >= 0.3 is 0 Å². The second-order valence-corrected chi connectivity index (χ2v) is 7.27. The molecule has 0 aliphatic rings. The van der Waals surface area contributed by atoms with Crippen LogP contribution < -0.4 is 5.56 Å². The number of aromatic nitrogens is 2. The Balaban J connectivity index is 1.93. The number of hydrogen-bond donors (Lipinski definition) is 0. The van der Waals surface area contributed by atoms with Crippen molar-refractivity contribution < 1.29 is 0 Å². The Morgan fingerprint density at radius 3 is 2.78 bits per heavy atom. The number of nitrogens with zero attached hydrogens (tertiary/aromatic N) is 2. The smallest absolute Gasteiger partial charge is 0.266 e. The van der Waals surface area contributed by atoms with Crippen LogP contribution in [0.5, 0.6) is 0 Å². The van der Waals surface area contributed by atoms with Crippen molar-refractivity contribution in [2.45, 2.75) is 0 Å². The first kappa shape index (κ1) is 13.0. The summed E-state index contributed by atoms with van der Waals surface area (Å²) in [4.78, 5) is 19.6. The Morgan fingerprint density at radius 1 is 1.00 bits per heavy atom. The number of thiazole rings is 1. The summed E-state index contributed by atoms with van der Waals surface area (Å²) in [6.45, 7) is 0. The van der Waals surface area contributed by atoms with Gasteiger partial charge in [0, 0.05) is 4.88 Å². The number of para-hydroxylation sites is 1. The minimum absolute atomic E-state index is 0.000793. The third-order valence-electron chi connectivity index (χ3n) is 3.95. The van der Waals surface area contributed by atoms with Gasteiger partial charge in [-0.3, -0.25) is 9.20 Å². The summed E-state index contributed by atoms with van der Waals surface area (Å²) < 4.78 is 2.80. The van der Waals surface area contributed by atoms with E-state index in [1.165, 1.54) is 0 Å². The molecule has 0 bridgehead atoms. The number of hydrogen-bond acceptors (Lipinski definition) is 4. The molecule has 0 N–H and O–H groups in total. The molecule has 3 heterocycles. The van der Waals surface area contributed by atoms with E-state index in [4.69, 9.17) is 0 Å². The first-order chi connectivity index (χ1) is 11.3. The number of rotatable bonds is 1. The summed E-state index contributed by atoms with van der Waals surface area (Å²) in [5.41, 5.74) is 2.74. The first-order valence-electron chi connectivity index (χ1n) is 7.19. The minimum Gasteiger partial charge on any atom is -0.268 e. The van der Waals surface area contributed by atoms with E-state index in [0.29, 0.717) is 5.39 Å². The molecule has 0 saturated heterocycles. The fourth-order valence-corrected chi connectivity index (χ4v) is 4.62. The average Bonchev–Trinajstić information content (AvgIpc) is 3.22. The van der Waals surface area contributed by atoms with E-state index < -0.39 is 0 Å². The van der Waals surface area contributed by atoms with E-state index >= 15 is 0 Å². The zero-order valence-electron chi connectivity index (χ0n) is 11.9. The van der Waals surface area contributed by atoms with Gasteiger partial charge < -0.3 is 0 Å². The molecule has 0 fully saturated rings. The standard InChI is InChI=1S/C18H10N2OS2/c21-17-12-10-11(15-6-3-9-22-15)7-8-13(12)19-18-20(17)14-4-1-2-5-16(14)23-18/h1-10H. The van der Waals surface area contributed by atoms with Gasteiger partial charge in [-0.05, 0) is 41.3 Å². The van der Waals surface area contributed by atoms with E-state index in [-0.39, 0.29) is 5.56 Å². The van der Waals surface area contributed by atoms with Crippen molar-refractivity contribution in [1.29, 1.82) is 0 Å². The van der Waals surface area contributed by atoms with Gasteiger partial charge in [0.1, 0.15) is 0 Å². The molecule has 0 aliphatic heterocycles. The van der Waals surface area contributed by atoms with E-state index in [1.807, 2.05) is 53.9 Å². The Bertz CT molecular complexity index is 1230. The largest absolute Gasteiger partial charge is 0.268 e. The highest BCUT2D eigenvalue weighted by atomic mass is 32.1. The summed E-state index contributed by atoms with van der Waals surface area (Å²) in [5.74, 6) is 0. The molecule has 0 saturated carbocycles. The second-order valence-electron chi connectivity index (χ2n) is 5.31. The normalized spacial score (nSPS) is 11.7. The van der Waals surface area contributed by atoms with Crippen molar-refractivity contribution in [3.8, 4) is 10.4 Å². The summed E-state index contributed by atoms with van der Waals surface area (Å²) >= 11 is 3.22. The van der Waals surface area contributed by atoms with Gasteiger partial charge in [-0.15, -0.1) is 11.3 Å². The molecule has 5 aromatic rings. The maximum Gasteiger partial charge on any atom is 0.266 e. The summed E-state index contributed by atoms with van der Waals surface area (Å²) in [6, 6.07) is 17.9. The molecule has 23 heavy (non-hydrogen) atoms. The highest BCUT2D eigenvalue weighted by Gasteiger charge is 2.12. The highest BCUT2D eigenvalue weighted by molar-refractivity contribution is 7.23. The molecule has 3 aromatic heterocycles. The molecular formula is C18H10N2OS2. The van der Waals surface area contributed by atoms with E-state index in [9.17, 15) is 4.79 Å². The van der Waals surface area contributed by atoms with Crippen LogP contribution in [-0.4, -0.2) is 9.38 Å². The van der Waals surface area contributed by atoms with Gasteiger partial charge in [-0.1, -0.05) is 35.6 Å². The molecule has 0 spiro atoms. The highest BCUT2D eigenvalue weighted by Crippen LogP contribution is 2.28. The topological polar surface area (TPSA) is 34.4 Å². The number of benzene rings is 2. The third kappa shape index (κ3) is 1.87. The lowest BCUT2D eigenvalue weighted by Gasteiger charge is -2.02. The average molecular weight is 334 g/mol. The van der Waals surface area contributed by atoms with Gasteiger partial charge in [0.15, 0.2) is 4.96 Å². The maximum atomic E-state index is 13.0. The first-order valence-corrected chi connectivity index (χ1v) is 8.89. The molecule has 0 amide bonds. The van der Waals surface area contributed by atoms with Gasteiger partial charge in [-0.2, -0.15) is 0 Å². The van der Waals surface area contributed by atoms with Crippen LogP contribution >= 0.6 is 22.7 Å². The Labute approximate surface area is 139 Å². The van der Waals surface area contributed by atoms with Crippen molar-refractivity contribution in [2.24, 2.45) is 0 Å². The fraction of sp³-hybridized carbons (Fsp3) is 0. The molecular weight excluding hydrogens is 324 g/mol. The van der Waals surface area contributed by atoms with Crippen molar-refractivity contribution in [1.82, 2.24) is 9.38 Å². The lowest BCUT2D eigenvalue weighted by Crippen LogP contribution is -2.13. The number of fused-ring (bicyclic) bond motifs is 4. The lowest BCUT2D eigenvalue weighted by molar-refractivity contribution is 1.16. The maximum absolute atomic E-state index is 13.0. The zero-order valence-corrected chi connectivity index (χ0v) is 13.5. The summed E-state index contributed by atoms with van der Waals surface area (Å²) in [6.07, 6.45) is 0. The van der Waals surface area contributed by atoms with Gasteiger partial charge in [0.25, 0.3) is 5.56 Å². The Morgan fingerprint density at radius 2 is 1.91 bits per heavy atom. The fourth-order valence-electron chi connectivity index (χ4n) is 2.87. The molecule has 0 unspecified atom stereocenters.